The molecule has 1 aromatic carbocycles. The van der Waals surface area contributed by atoms with E-state index in [9.17, 15) is 0 Å². The number of benzene rings is 1. The zero-order valence-electron chi connectivity index (χ0n) is 10.1. The van der Waals surface area contributed by atoms with Crippen molar-refractivity contribution >= 4 is 22.6 Å². The minimum atomic E-state index is 0.733. The average Bonchev–Trinajstić information content (AvgIpc) is 2.84. The van der Waals surface area contributed by atoms with E-state index < -0.39 is 0 Å². The summed E-state index contributed by atoms with van der Waals surface area (Å²) < 4.78 is 12.2. The number of rotatable bonds is 5. The molecule has 1 heterocycles. The molecule has 2 rings (SSSR count). The number of methoxy groups -OCH3 is 1. The second kappa shape index (κ2) is 6.44. The second-order valence-electron chi connectivity index (χ2n) is 4.19. The van der Waals surface area contributed by atoms with Crippen LogP contribution in [-0.4, -0.2) is 38.3 Å². The predicted octanol–water partition coefficient (Wildman–Crippen LogP) is 2.77. The smallest absolute Gasteiger partial charge is 0.161 e. The van der Waals surface area contributed by atoms with E-state index >= 15 is 0 Å². The van der Waals surface area contributed by atoms with E-state index in [1.54, 1.807) is 7.11 Å². The van der Waals surface area contributed by atoms with Crippen molar-refractivity contribution in [1.82, 2.24) is 4.90 Å². The van der Waals surface area contributed by atoms with Gasteiger partial charge >= 0.3 is 0 Å². The van der Waals surface area contributed by atoms with Gasteiger partial charge in [0, 0.05) is 10.1 Å². The fourth-order valence-corrected chi connectivity index (χ4v) is 2.51. The number of hydrogen-bond acceptors (Lipinski definition) is 3. The Morgan fingerprint density at radius 2 is 2.00 bits per heavy atom. The zero-order valence-corrected chi connectivity index (χ0v) is 12.3. The Morgan fingerprint density at radius 1 is 1.24 bits per heavy atom. The third-order valence-corrected chi connectivity index (χ3v) is 3.66. The summed E-state index contributed by atoms with van der Waals surface area (Å²) in [6.45, 7) is 4.17. The van der Waals surface area contributed by atoms with Crippen LogP contribution in [0.4, 0.5) is 0 Å². The van der Waals surface area contributed by atoms with Crippen molar-refractivity contribution in [2.75, 3.05) is 33.4 Å². The van der Waals surface area contributed by atoms with Crippen molar-refractivity contribution in [3.63, 3.8) is 0 Å². The van der Waals surface area contributed by atoms with Crippen LogP contribution < -0.4 is 9.47 Å². The molecule has 1 aliphatic heterocycles. The van der Waals surface area contributed by atoms with Gasteiger partial charge in [0.1, 0.15) is 6.61 Å². The molecule has 1 aromatic rings. The van der Waals surface area contributed by atoms with E-state index in [-0.39, 0.29) is 0 Å². The highest BCUT2D eigenvalue weighted by molar-refractivity contribution is 14.1. The van der Waals surface area contributed by atoms with Gasteiger partial charge in [-0.1, -0.05) is 0 Å². The highest BCUT2D eigenvalue weighted by atomic mass is 127. The predicted molar refractivity (Wildman–Crippen MR) is 76.9 cm³/mol. The van der Waals surface area contributed by atoms with Crippen molar-refractivity contribution in [1.29, 1.82) is 0 Å². The number of halogens is 1. The first-order valence-electron chi connectivity index (χ1n) is 5.98. The molecule has 0 atom stereocenters. The van der Waals surface area contributed by atoms with E-state index in [2.05, 4.69) is 27.5 Å². The van der Waals surface area contributed by atoms with Gasteiger partial charge in [0.15, 0.2) is 11.5 Å². The zero-order chi connectivity index (χ0) is 12.1. The monoisotopic (exact) mass is 347 g/mol. The van der Waals surface area contributed by atoms with E-state index in [0.717, 1.165) is 28.2 Å². The molecule has 0 N–H and O–H groups in total. The molecule has 4 heteroatoms. The minimum absolute atomic E-state index is 0.733. The second-order valence-corrected chi connectivity index (χ2v) is 5.44. The van der Waals surface area contributed by atoms with Gasteiger partial charge in [-0.2, -0.15) is 0 Å². The fraction of sp³-hybridized carbons (Fsp3) is 0.538. The molecular weight excluding hydrogens is 329 g/mol. The number of nitrogens with zero attached hydrogens (tertiary/aromatic N) is 1. The normalized spacial score (nSPS) is 16.1. The van der Waals surface area contributed by atoms with Crippen LogP contribution in [0.2, 0.25) is 0 Å². The lowest BCUT2D eigenvalue weighted by Crippen LogP contribution is -2.25. The van der Waals surface area contributed by atoms with Gasteiger partial charge in [0.2, 0.25) is 0 Å². The van der Waals surface area contributed by atoms with Crippen LogP contribution in [-0.2, 0) is 0 Å². The van der Waals surface area contributed by atoms with Crippen molar-refractivity contribution in [2.24, 2.45) is 0 Å². The number of ether oxygens (including phenoxy) is 2. The van der Waals surface area contributed by atoms with Gasteiger partial charge in [0.05, 0.1) is 7.11 Å². The molecule has 94 valence electrons. The topological polar surface area (TPSA) is 21.7 Å². The molecule has 0 spiro atoms. The van der Waals surface area contributed by atoms with Crippen LogP contribution >= 0.6 is 22.6 Å². The molecule has 0 bridgehead atoms. The molecule has 17 heavy (non-hydrogen) atoms. The highest BCUT2D eigenvalue weighted by Gasteiger charge is 2.11. The summed E-state index contributed by atoms with van der Waals surface area (Å²) in [5.41, 5.74) is 0. The third kappa shape index (κ3) is 3.74. The molecule has 1 fully saturated rings. The van der Waals surface area contributed by atoms with E-state index in [0.29, 0.717) is 0 Å². The van der Waals surface area contributed by atoms with E-state index in [1.807, 2.05) is 18.2 Å². The summed E-state index contributed by atoms with van der Waals surface area (Å²) in [5.74, 6) is 1.66. The first-order chi connectivity index (χ1) is 8.29. The Labute approximate surface area is 116 Å². The first-order valence-corrected chi connectivity index (χ1v) is 7.06. The third-order valence-electron chi connectivity index (χ3n) is 2.99. The lowest BCUT2D eigenvalue weighted by atomic mass is 10.3. The van der Waals surface area contributed by atoms with Gasteiger partial charge < -0.3 is 9.47 Å². The Balaban J connectivity index is 1.85. The maximum absolute atomic E-state index is 5.77. The lowest BCUT2D eigenvalue weighted by molar-refractivity contribution is 0.230. The molecule has 0 amide bonds. The molecule has 0 saturated carbocycles. The van der Waals surface area contributed by atoms with Crippen LogP contribution in [0.3, 0.4) is 0 Å². The first kappa shape index (κ1) is 13.0. The van der Waals surface area contributed by atoms with Gasteiger partial charge in [-0.3, -0.25) is 4.90 Å². The van der Waals surface area contributed by atoms with Crippen LogP contribution in [0.15, 0.2) is 18.2 Å². The van der Waals surface area contributed by atoms with Crippen molar-refractivity contribution in [2.45, 2.75) is 12.8 Å². The van der Waals surface area contributed by atoms with E-state index in [1.165, 1.54) is 25.9 Å². The molecule has 3 nitrogen and oxygen atoms in total. The molecule has 0 unspecified atom stereocenters. The summed E-state index contributed by atoms with van der Waals surface area (Å²) in [6, 6.07) is 6.00. The Kier molecular flexibility index (Phi) is 4.91. The molecule has 0 aromatic heterocycles. The Bertz CT molecular complexity index is 364. The molecular formula is C13H18INO2. The van der Waals surface area contributed by atoms with Crippen molar-refractivity contribution in [3.8, 4) is 11.5 Å². The fourth-order valence-electron chi connectivity index (χ4n) is 2.05. The Morgan fingerprint density at radius 3 is 2.71 bits per heavy atom. The Hall–Kier alpha value is -0.490. The SMILES string of the molecule is COc1cc(I)ccc1OCCN1CCCC1. The summed E-state index contributed by atoms with van der Waals surface area (Å²) >= 11 is 2.27. The standard InChI is InChI=1S/C13H18INO2/c1-16-13-10-11(14)4-5-12(13)17-9-8-15-6-2-3-7-15/h4-5,10H,2-3,6-9H2,1H3. The summed E-state index contributed by atoms with van der Waals surface area (Å²) in [4.78, 5) is 2.44. The van der Waals surface area contributed by atoms with Crippen molar-refractivity contribution < 1.29 is 9.47 Å². The molecule has 1 aliphatic rings. The average molecular weight is 347 g/mol. The highest BCUT2D eigenvalue weighted by Crippen LogP contribution is 2.28. The van der Waals surface area contributed by atoms with Gasteiger partial charge in [-0.15, -0.1) is 0 Å². The van der Waals surface area contributed by atoms with Gasteiger partial charge in [-0.25, -0.2) is 0 Å². The summed E-state index contributed by atoms with van der Waals surface area (Å²) in [5, 5.41) is 0. The number of likely N-dealkylation sites (tertiary alicyclic amines) is 1. The molecule has 0 aliphatic carbocycles. The minimum Gasteiger partial charge on any atom is -0.493 e. The summed E-state index contributed by atoms with van der Waals surface area (Å²) in [6.07, 6.45) is 2.65. The summed E-state index contributed by atoms with van der Waals surface area (Å²) in [7, 11) is 1.68. The molecule has 1 saturated heterocycles. The van der Waals surface area contributed by atoms with Crippen LogP contribution in [0.25, 0.3) is 0 Å². The lowest BCUT2D eigenvalue weighted by Gasteiger charge is -2.16. The van der Waals surface area contributed by atoms with E-state index in [4.69, 9.17) is 9.47 Å². The van der Waals surface area contributed by atoms with Gasteiger partial charge in [0.25, 0.3) is 0 Å². The quantitative estimate of drug-likeness (QED) is 0.765. The van der Waals surface area contributed by atoms with Gasteiger partial charge in [-0.05, 0) is 66.7 Å². The molecule has 0 radical (unpaired) electrons. The van der Waals surface area contributed by atoms with Crippen LogP contribution in [0.1, 0.15) is 12.8 Å². The maximum Gasteiger partial charge on any atom is 0.161 e. The van der Waals surface area contributed by atoms with Crippen molar-refractivity contribution in [3.05, 3.63) is 21.8 Å². The largest absolute Gasteiger partial charge is 0.493 e. The van der Waals surface area contributed by atoms with Crippen LogP contribution in [0.5, 0.6) is 11.5 Å². The maximum atomic E-state index is 5.77. The number of hydrogen-bond donors (Lipinski definition) is 0. The van der Waals surface area contributed by atoms with Crippen LogP contribution in [0, 0.1) is 3.57 Å².